The van der Waals surface area contributed by atoms with E-state index in [-0.39, 0.29) is 12.2 Å². The second-order valence-corrected chi connectivity index (χ2v) is 4.28. The predicted octanol–water partition coefficient (Wildman–Crippen LogP) is 1.81. The van der Waals surface area contributed by atoms with Gasteiger partial charge in [0.1, 0.15) is 11.9 Å². The van der Waals surface area contributed by atoms with Gasteiger partial charge in [-0.3, -0.25) is 4.79 Å². The van der Waals surface area contributed by atoms with E-state index in [1.807, 2.05) is 0 Å². The molecule has 1 aromatic carbocycles. The number of carbonyl (C=O) groups is 3. The molecule has 1 aliphatic rings. The van der Waals surface area contributed by atoms with Crippen LogP contribution in [-0.4, -0.2) is 39.1 Å². The summed E-state index contributed by atoms with van der Waals surface area (Å²) >= 11 is 0. The van der Waals surface area contributed by atoms with E-state index >= 15 is 0 Å². The number of imide groups is 1. The molecule has 2 rings (SSSR count). The Bertz CT molecular complexity index is 505. The summed E-state index contributed by atoms with van der Waals surface area (Å²) in [6, 6.07) is 6.72. The number of benzene rings is 1. The third-order valence-electron chi connectivity index (χ3n) is 2.77. The molecular formula is C13H14FNO5. The molecule has 108 valence electrons. The van der Waals surface area contributed by atoms with Gasteiger partial charge in [-0.15, -0.1) is 0 Å². The molecule has 0 saturated carbocycles. The molecule has 0 aliphatic carbocycles. The summed E-state index contributed by atoms with van der Waals surface area (Å²) in [5.41, 5.74) is 0. The topological polar surface area (TPSA) is 94.9 Å². The second-order valence-electron chi connectivity index (χ2n) is 4.28. The molecule has 2 amide bonds. The first-order chi connectivity index (χ1) is 9.34. The lowest BCUT2D eigenvalue weighted by atomic mass is 10.1. The molecule has 2 unspecified atom stereocenters. The van der Waals surface area contributed by atoms with Crippen molar-refractivity contribution in [3.63, 3.8) is 0 Å². The maximum atomic E-state index is 11.9. The molecular weight excluding hydrogens is 269 g/mol. The highest BCUT2D eigenvalue weighted by atomic mass is 19.1. The van der Waals surface area contributed by atoms with Crippen molar-refractivity contribution < 1.29 is 29.0 Å². The standard InChI is InChI=1S/C7H9NO5.C6H5F/c1-3-2-4(6(10)11)8(5(3)9)7(12)13;7-6-4-2-1-3-5-6/h3-4H,2H2,1H3,(H,10,11)(H,12,13);1-5H. The zero-order valence-corrected chi connectivity index (χ0v) is 10.7. The zero-order chi connectivity index (χ0) is 15.3. The average Bonchev–Trinajstić information content (AvgIpc) is 2.68. The van der Waals surface area contributed by atoms with Gasteiger partial charge in [0, 0.05) is 5.92 Å². The Kier molecular flexibility index (Phi) is 5.19. The summed E-state index contributed by atoms with van der Waals surface area (Å²) in [5, 5.41) is 17.2. The van der Waals surface area contributed by atoms with Crippen molar-refractivity contribution in [1.82, 2.24) is 4.90 Å². The summed E-state index contributed by atoms with van der Waals surface area (Å²) < 4.78 is 11.9. The number of aliphatic carboxylic acids is 1. The minimum atomic E-state index is -1.50. The zero-order valence-electron chi connectivity index (χ0n) is 10.7. The van der Waals surface area contributed by atoms with Crippen molar-refractivity contribution in [2.45, 2.75) is 19.4 Å². The smallest absolute Gasteiger partial charge is 0.414 e. The SMILES string of the molecule is CC1CC(C(=O)O)N(C(=O)O)C1=O.Fc1ccccc1. The molecule has 0 spiro atoms. The molecule has 2 atom stereocenters. The van der Waals surface area contributed by atoms with E-state index in [0.717, 1.165) is 0 Å². The van der Waals surface area contributed by atoms with Gasteiger partial charge in [0.15, 0.2) is 0 Å². The third kappa shape index (κ3) is 3.78. The second kappa shape index (κ2) is 6.65. The predicted molar refractivity (Wildman–Crippen MR) is 66.5 cm³/mol. The Hall–Kier alpha value is -2.44. The van der Waals surface area contributed by atoms with Crippen LogP contribution in [0, 0.1) is 11.7 Å². The molecule has 1 aliphatic heterocycles. The molecule has 1 heterocycles. The van der Waals surface area contributed by atoms with E-state index in [1.165, 1.54) is 19.1 Å². The summed E-state index contributed by atoms with van der Waals surface area (Å²) in [5.74, 6) is -2.63. The number of rotatable bonds is 1. The van der Waals surface area contributed by atoms with Gasteiger partial charge in [-0.2, -0.15) is 0 Å². The molecule has 0 aromatic heterocycles. The van der Waals surface area contributed by atoms with Crippen LogP contribution in [0.25, 0.3) is 0 Å². The van der Waals surface area contributed by atoms with E-state index < -0.39 is 29.9 Å². The van der Waals surface area contributed by atoms with Crippen LogP contribution in [0.2, 0.25) is 0 Å². The Morgan fingerprint density at radius 2 is 1.80 bits per heavy atom. The largest absolute Gasteiger partial charge is 0.480 e. The quantitative estimate of drug-likeness (QED) is 0.819. The molecule has 20 heavy (non-hydrogen) atoms. The molecule has 7 heteroatoms. The Morgan fingerprint density at radius 1 is 1.25 bits per heavy atom. The van der Waals surface area contributed by atoms with Gasteiger partial charge in [-0.05, 0) is 18.6 Å². The van der Waals surface area contributed by atoms with Gasteiger partial charge in [0.05, 0.1) is 0 Å². The average molecular weight is 283 g/mol. The highest BCUT2D eigenvalue weighted by Crippen LogP contribution is 2.24. The number of hydrogen-bond acceptors (Lipinski definition) is 3. The summed E-state index contributed by atoms with van der Waals surface area (Å²) in [7, 11) is 0. The van der Waals surface area contributed by atoms with Gasteiger partial charge in [-0.25, -0.2) is 18.9 Å². The van der Waals surface area contributed by atoms with Crippen molar-refractivity contribution in [1.29, 1.82) is 0 Å². The lowest BCUT2D eigenvalue weighted by Gasteiger charge is -2.14. The van der Waals surface area contributed by atoms with Gasteiger partial charge in [-0.1, -0.05) is 25.1 Å². The van der Waals surface area contributed by atoms with Crippen LogP contribution in [0.5, 0.6) is 0 Å². The van der Waals surface area contributed by atoms with Gasteiger partial charge < -0.3 is 10.2 Å². The maximum absolute atomic E-state index is 11.9. The van der Waals surface area contributed by atoms with Crippen molar-refractivity contribution in [2.75, 3.05) is 0 Å². The molecule has 0 radical (unpaired) electrons. The highest BCUT2D eigenvalue weighted by Gasteiger charge is 2.44. The number of carboxylic acids is 1. The van der Waals surface area contributed by atoms with E-state index in [2.05, 4.69) is 0 Å². The first kappa shape index (κ1) is 15.6. The Balaban J connectivity index is 0.000000240. The monoisotopic (exact) mass is 283 g/mol. The van der Waals surface area contributed by atoms with E-state index in [4.69, 9.17) is 10.2 Å². The van der Waals surface area contributed by atoms with E-state index in [0.29, 0.717) is 4.90 Å². The van der Waals surface area contributed by atoms with Gasteiger partial charge in [0.2, 0.25) is 5.91 Å². The molecule has 0 bridgehead atoms. The van der Waals surface area contributed by atoms with Crippen LogP contribution in [0.4, 0.5) is 9.18 Å². The van der Waals surface area contributed by atoms with Crippen LogP contribution in [0.3, 0.4) is 0 Å². The molecule has 1 aromatic rings. The molecule has 2 N–H and O–H groups in total. The number of hydrogen-bond donors (Lipinski definition) is 2. The highest BCUT2D eigenvalue weighted by molar-refractivity contribution is 5.99. The van der Waals surface area contributed by atoms with Crippen LogP contribution in [0.1, 0.15) is 13.3 Å². The lowest BCUT2D eigenvalue weighted by molar-refractivity contribution is -0.145. The molecule has 1 fully saturated rings. The van der Waals surface area contributed by atoms with E-state index in [1.54, 1.807) is 18.2 Å². The molecule has 1 saturated heterocycles. The fourth-order valence-corrected chi connectivity index (χ4v) is 1.79. The third-order valence-corrected chi connectivity index (χ3v) is 2.77. The van der Waals surface area contributed by atoms with Crippen LogP contribution >= 0.6 is 0 Å². The maximum Gasteiger partial charge on any atom is 0.414 e. The summed E-state index contributed by atoms with van der Waals surface area (Å²) in [6.07, 6.45) is -1.44. The minimum absolute atomic E-state index is 0.0560. The first-order valence-corrected chi connectivity index (χ1v) is 5.84. The van der Waals surface area contributed by atoms with Gasteiger partial charge >= 0.3 is 12.1 Å². The number of amides is 2. The van der Waals surface area contributed by atoms with Crippen molar-refractivity contribution >= 4 is 18.0 Å². The first-order valence-electron chi connectivity index (χ1n) is 5.84. The van der Waals surface area contributed by atoms with Gasteiger partial charge in [0.25, 0.3) is 0 Å². The Labute approximate surface area is 114 Å². The lowest BCUT2D eigenvalue weighted by Crippen LogP contribution is -2.42. The van der Waals surface area contributed by atoms with E-state index in [9.17, 15) is 18.8 Å². The Morgan fingerprint density at radius 3 is 2.10 bits per heavy atom. The normalized spacial score (nSPS) is 21.1. The number of likely N-dealkylation sites (tertiary alicyclic amines) is 1. The van der Waals surface area contributed by atoms with Crippen LogP contribution < -0.4 is 0 Å². The number of halogens is 1. The molecule has 6 nitrogen and oxygen atoms in total. The number of nitrogens with zero attached hydrogens (tertiary/aromatic N) is 1. The minimum Gasteiger partial charge on any atom is -0.480 e. The van der Waals surface area contributed by atoms with Crippen molar-refractivity contribution in [3.05, 3.63) is 36.1 Å². The fourth-order valence-electron chi connectivity index (χ4n) is 1.79. The fraction of sp³-hybridized carbons (Fsp3) is 0.308. The summed E-state index contributed by atoms with van der Waals surface area (Å²) in [6.45, 7) is 1.52. The van der Waals surface area contributed by atoms with Crippen molar-refractivity contribution in [2.24, 2.45) is 5.92 Å². The summed E-state index contributed by atoms with van der Waals surface area (Å²) in [4.78, 5) is 32.6. The number of carbonyl (C=O) groups excluding carboxylic acids is 1. The number of carboxylic acid groups (broad SMARTS) is 2. The van der Waals surface area contributed by atoms with Crippen LogP contribution in [-0.2, 0) is 9.59 Å². The van der Waals surface area contributed by atoms with Crippen molar-refractivity contribution in [3.8, 4) is 0 Å². The van der Waals surface area contributed by atoms with Crippen LogP contribution in [0.15, 0.2) is 30.3 Å².